The molecule has 0 spiro atoms. The van der Waals surface area contributed by atoms with Gasteiger partial charge in [-0.05, 0) is 80.8 Å². The summed E-state index contributed by atoms with van der Waals surface area (Å²) < 4.78 is 13.7. The fourth-order valence-corrected chi connectivity index (χ4v) is 4.62. The smallest absolute Gasteiger partial charge is 0.254 e. The Labute approximate surface area is 233 Å². The summed E-state index contributed by atoms with van der Waals surface area (Å²) in [5.41, 5.74) is 4.83. The number of nitrogens with zero attached hydrogens (tertiary/aromatic N) is 2. The third kappa shape index (κ3) is 7.78. The van der Waals surface area contributed by atoms with E-state index in [1.54, 1.807) is 25.3 Å². The van der Waals surface area contributed by atoms with Gasteiger partial charge in [-0.2, -0.15) is 0 Å². The molecule has 1 saturated carbocycles. The van der Waals surface area contributed by atoms with Crippen LogP contribution in [0.1, 0.15) is 84.5 Å². The van der Waals surface area contributed by atoms with Crippen LogP contribution in [-0.4, -0.2) is 29.4 Å². The first-order valence-corrected chi connectivity index (χ1v) is 13.9. The minimum absolute atomic E-state index is 0.0415. The van der Waals surface area contributed by atoms with Crippen molar-refractivity contribution in [2.75, 3.05) is 17.3 Å². The van der Waals surface area contributed by atoms with Gasteiger partial charge in [-0.15, -0.1) is 0 Å². The highest BCUT2D eigenvalue weighted by molar-refractivity contribution is 6.25. The third-order valence-electron chi connectivity index (χ3n) is 6.85. The Hall–Kier alpha value is -3.48. The Balaban J connectivity index is 1.94. The van der Waals surface area contributed by atoms with Crippen molar-refractivity contribution >= 4 is 23.1 Å². The molecule has 0 unspecified atom stereocenters. The average molecular weight is 534 g/mol. The first-order valence-electron chi connectivity index (χ1n) is 13.9. The molecule has 0 saturated heterocycles. The molecule has 2 aromatic rings. The van der Waals surface area contributed by atoms with Crippen LogP contribution >= 0.6 is 0 Å². The lowest BCUT2D eigenvalue weighted by Crippen LogP contribution is -2.35. The number of benzene rings is 1. The Bertz CT molecular complexity index is 1250. The van der Waals surface area contributed by atoms with Crippen LogP contribution in [0.15, 0.2) is 65.6 Å². The van der Waals surface area contributed by atoms with Crippen molar-refractivity contribution < 1.29 is 9.18 Å². The van der Waals surface area contributed by atoms with Crippen molar-refractivity contribution in [3.63, 3.8) is 0 Å². The summed E-state index contributed by atoms with van der Waals surface area (Å²) in [6.07, 6.45) is 6.98. The molecule has 1 fully saturated rings. The quantitative estimate of drug-likeness (QED) is 0.162. The predicted octanol–water partition coefficient (Wildman–Crippen LogP) is 7.20. The Morgan fingerprint density at radius 2 is 1.87 bits per heavy atom. The minimum Gasteiger partial charge on any atom is -0.350 e. The average Bonchev–Trinajstić information content (AvgIpc) is 3.65. The number of hydrogen-bond acceptors (Lipinski definition) is 4. The molecular formula is C32H44FN5O. The van der Waals surface area contributed by atoms with Crippen molar-refractivity contribution in [2.45, 2.75) is 91.0 Å². The molecule has 1 aromatic carbocycles. The second-order valence-corrected chi connectivity index (χ2v) is 11.7. The summed E-state index contributed by atoms with van der Waals surface area (Å²) in [6.45, 7) is 18.2. The van der Waals surface area contributed by atoms with Gasteiger partial charge in [0.25, 0.3) is 5.91 Å². The lowest BCUT2D eigenvalue weighted by Gasteiger charge is -2.24. The van der Waals surface area contributed by atoms with E-state index < -0.39 is 12.1 Å². The fraction of sp³-hybridized carbons (Fsp3) is 0.469. The molecule has 210 valence electrons. The number of halogens is 1. The lowest BCUT2D eigenvalue weighted by atomic mass is 9.82. The van der Waals surface area contributed by atoms with Crippen LogP contribution < -0.4 is 16.0 Å². The normalized spacial score (nSPS) is 15.2. The predicted molar refractivity (Wildman–Crippen MR) is 161 cm³/mol. The van der Waals surface area contributed by atoms with Gasteiger partial charge in [0.05, 0.1) is 11.3 Å². The molecule has 3 rings (SSSR count). The van der Waals surface area contributed by atoms with Gasteiger partial charge in [0, 0.05) is 29.0 Å². The number of allylic oxidation sites excluding steroid dienone is 1. The molecule has 0 atom stereocenters. The van der Waals surface area contributed by atoms with Crippen LogP contribution in [0.25, 0.3) is 0 Å². The molecule has 1 aromatic heterocycles. The third-order valence-corrected chi connectivity index (χ3v) is 6.85. The highest BCUT2D eigenvalue weighted by Gasteiger charge is 2.46. The van der Waals surface area contributed by atoms with E-state index in [1.165, 1.54) is 11.1 Å². The maximum atomic E-state index is 13.7. The van der Waals surface area contributed by atoms with E-state index in [2.05, 4.69) is 67.3 Å². The van der Waals surface area contributed by atoms with Gasteiger partial charge in [-0.25, -0.2) is 4.99 Å². The topological polar surface area (TPSA) is 78.4 Å². The van der Waals surface area contributed by atoms with E-state index in [4.69, 9.17) is 4.99 Å². The highest BCUT2D eigenvalue weighted by Crippen LogP contribution is 2.48. The van der Waals surface area contributed by atoms with Crippen molar-refractivity contribution in [1.82, 2.24) is 10.3 Å². The van der Waals surface area contributed by atoms with Crippen molar-refractivity contribution in [1.29, 1.82) is 0 Å². The summed E-state index contributed by atoms with van der Waals surface area (Å²) in [4.78, 5) is 22.2. The van der Waals surface area contributed by atoms with Gasteiger partial charge in [0.1, 0.15) is 18.3 Å². The first-order chi connectivity index (χ1) is 18.4. The molecule has 0 aliphatic heterocycles. The second-order valence-electron chi connectivity index (χ2n) is 11.7. The van der Waals surface area contributed by atoms with Gasteiger partial charge >= 0.3 is 0 Å². The van der Waals surface area contributed by atoms with Gasteiger partial charge < -0.3 is 16.0 Å². The highest BCUT2D eigenvalue weighted by atomic mass is 19.1. The van der Waals surface area contributed by atoms with E-state index in [0.29, 0.717) is 28.6 Å². The lowest BCUT2D eigenvalue weighted by molar-refractivity contribution is -0.117. The molecule has 1 aliphatic rings. The summed E-state index contributed by atoms with van der Waals surface area (Å²) in [7, 11) is 0. The Morgan fingerprint density at radius 3 is 2.44 bits per heavy atom. The molecule has 1 amide bonds. The number of pyridine rings is 1. The standard InChI is InChI=1S/C32H44FN5O/c1-9-11-23-18-24(12-13-27(23)31(6,7)8)36-22(5)37-29(26(10-2)30(39)35-21(3)4)38-25-14-17-34-28(19-25)32(20-33)15-16-32/h10,12-14,17-19,21,36H,5,9,11,15-16,20H2,1-4,6-8H3,(H,35,39)(H,34,37,38)/b26-10+. The van der Waals surface area contributed by atoms with Crippen LogP contribution in [0.3, 0.4) is 0 Å². The number of rotatable bonds is 11. The van der Waals surface area contributed by atoms with Gasteiger partial charge in [-0.1, -0.05) is 52.8 Å². The number of aliphatic imine (C=N–C) groups is 1. The molecular weight excluding hydrogens is 489 g/mol. The van der Waals surface area contributed by atoms with Crippen LogP contribution in [0, 0.1) is 0 Å². The molecule has 6 nitrogen and oxygen atoms in total. The number of nitrogens with one attached hydrogen (secondary N) is 3. The number of anilines is 2. The van der Waals surface area contributed by atoms with Crippen LogP contribution in [0.4, 0.5) is 15.8 Å². The number of amides is 1. The number of amidine groups is 1. The fourth-order valence-electron chi connectivity index (χ4n) is 4.62. The number of carbonyl (C=O) groups excluding carboxylic acids is 1. The summed E-state index contributed by atoms with van der Waals surface area (Å²) in [5, 5.41) is 9.53. The van der Waals surface area contributed by atoms with Crippen LogP contribution in [0.5, 0.6) is 0 Å². The SMILES string of the molecule is C=C(/N=C(Nc1ccnc(C2(CF)CC2)c1)\C(=C/C)C(=O)NC(C)C)Nc1ccc(C(C)(C)C)c(CCC)c1. The summed E-state index contributed by atoms with van der Waals surface area (Å²) in [6, 6.07) is 9.94. The summed E-state index contributed by atoms with van der Waals surface area (Å²) in [5.74, 6) is 0.482. The van der Waals surface area contributed by atoms with Gasteiger partial charge in [-0.3, -0.25) is 14.2 Å². The number of carbonyl (C=O) groups is 1. The number of aromatic nitrogens is 1. The molecule has 0 bridgehead atoms. The molecule has 0 radical (unpaired) electrons. The monoisotopic (exact) mass is 533 g/mol. The number of hydrogen-bond donors (Lipinski definition) is 3. The largest absolute Gasteiger partial charge is 0.350 e. The Kier molecular flexibility index (Phi) is 9.70. The zero-order valence-electron chi connectivity index (χ0n) is 24.5. The Morgan fingerprint density at radius 1 is 1.18 bits per heavy atom. The maximum absolute atomic E-state index is 13.7. The van der Waals surface area contributed by atoms with Gasteiger partial charge in [0.2, 0.25) is 0 Å². The maximum Gasteiger partial charge on any atom is 0.254 e. The molecule has 1 heterocycles. The minimum atomic E-state index is -0.492. The van der Waals surface area contributed by atoms with Crippen molar-refractivity contribution in [3.8, 4) is 0 Å². The van der Waals surface area contributed by atoms with Crippen LogP contribution in [0.2, 0.25) is 0 Å². The number of alkyl halides is 1. The molecule has 39 heavy (non-hydrogen) atoms. The van der Waals surface area contributed by atoms with E-state index in [9.17, 15) is 9.18 Å². The van der Waals surface area contributed by atoms with Crippen molar-refractivity contribution in [2.24, 2.45) is 4.99 Å². The van der Waals surface area contributed by atoms with E-state index >= 15 is 0 Å². The molecule has 1 aliphatic carbocycles. The second kappa shape index (κ2) is 12.6. The summed E-state index contributed by atoms with van der Waals surface area (Å²) >= 11 is 0. The first kappa shape index (κ1) is 30.1. The number of aryl methyl sites for hydroxylation is 1. The van der Waals surface area contributed by atoms with Gasteiger partial charge in [0.15, 0.2) is 0 Å². The van der Waals surface area contributed by atoms with Crippen LogP contribution in [-0.2, 0) is 22.0 Å². The zero-order chi connectivity index (χ0) is 28.8. The molecule has 3 N–H and O–H groups in total. The van der Waals surface area contributed by atoms with E-state index in [-0.39, 0.29) is 17.4 Å². The zero-order valence-corrected chi connectivity index (χ0v) is 24.5. The van der Waals surface area contributed by atoms with E-state index in [1.807, 2.05) is 26.0 Å². The van der Waals surface area contributed by atoms with Crippen molar-refractivity contribution in [3.05, 3.63) is 77.4 Å². The van der Waals surface area contributed by atoms with E-state index in [0.717, 1.165) is 31.4 Å². The molecule has 7 heteroatoms.